The first-order valence-electron chi connectivity index (χ1n) is 5.20. The first-order chi connectivity index (χ1) is 7.38. The molecule has 90 valence electrons. The molecule has 0 unspecified atom stereocenters. The van der Waals surface area contributed by atoms with E-state index in [4.69, 9.17) is 26.8 Å². The summed E-state index contributed by atoms with van der Waals surface area (Å²) in [7, 11) is 0. The number of rotatable bonds is 4. The molecular formula is C12H18ClNO2. The maximum atomic E-state index is 5.86. The van der Waals surface area contributed by atoms with E-state index in [1.165, 1.54) is 0 Å². The van der Waals surface area contributed by atoms with Gasteiger partial charge in [-0.15, -0.1) is 0 Å². The number of nitrogen functional groups attached to an aromatic ring is 1. The number of hydrogen-bond donors (Lipinski definition) is 1. The van der Waals surface area contributed by atoms with Gasteiger partial charge in [-0.1, -0.05) is 11.6 Å². The topological polar surface area (TPSA) is 44.5 Å². The molecule has 0 saturated heterocycles. The van der Waals surface area contributed by atoms with Gasteiger partial charge in [0.05, 0.1) is 22.9 Å². The van der Waals surface area contributed by atoms with Gasteiger partial charge in [0.25, 0.3) is 0 Å². The van der Waals surface area contributed by atoms with Crippen molar-refractivity contribution in [3.05, 3.63) is 23.2 Å². The van der Waals surface area contributed by atoms with Crippen molar-refractivity contribution in [2.24, 2.45) is 0 Å². The van der Waals surface area contributed by atoms with Crippen molar-refractivity contribution in [3.63, 3.8) is 0 Å². The molecule has 1 rings (SSSR count). The monoisotopic (exact) mass is 243 g/mol. The van der Waals surface area contributed by atoms with E-state index in [0.717, 1.165) is 0 Å². The van der Waals surface area contributed by atoms with Gasteiger partial charge in [-0.05, 0) is 32.9 Å². The predicted molar refractivity (Wildman–Crippen MR) is 67.1 cm³/mol. The van der Waals surface area contributed by atoms with Gasteiger partial charge in [0.15, 0.2) is 0 Å². The second-order valence-corrected chi connectivity index (χ2v) is 4.90. The van der Waals surface area contributed by atoms with E-state index in [0.29, 0.717) is 29.7 Å². The lowest BCUT2D eigenvalue weighted by Crippen LogP contribution is -2.22. The normalized spacial score (nSPS) is 11.5. The summed E-state index contributed by atoms with van der Waals surface area (Å²) in [5, 5.41) is 0.509. The van der Waals surface area contributed by atoms with Gasteiger partial charge >= 0.3 is 0 Å². The Bertz CT molecular complexity index is 347. The predicted octanol–water partition coefficient (Wildman–Crippen LogP) is 3.12. The Hall–Kier alpha value is -0.930. The summed E-state index contributed by atoms with van der Waals surface area (Å²) >= 11 is 5.86. The lowest BCUT2D eigenvalue weighted by Gasteiger charge is -2.19. The number of nitrogens with two attached hydrogens (primary N) is 1. The van der Waals surface area contributed by atoms with Crippen LogP contribution >= 0.6 is 11.6 Å². The summed E-state index contributed by atoms with van der Waals surface area (Å²) in [6, 6.07) is 5.22. The van der Waals surface area contributed by atoms with Crippen molar-refractivity contribution in [2.45, 2.75) is 26.4 Å². The van der Waals surface area contributed by atoms with Gasteiger partial charge in [-0.2, -0.15) is 0 Å². The van der Waals surface area contributed by atoms with Crippen LogP contribution in [0.4, 0.5) is 5.69 Å². The molecule has 0 aliphatic rings. The molecular weight excluding hydrogens is 226 g/mol. The Balaban J connectivity index is 2.35. The molecule has 4 heteroatoms. The van der Waals surface area contributed by atoms with Crippen LogP contribution in [-0.4, -0.2) is 18.8 Å². The summed E-state index contributed by atoms with van der Waals surface area (Å²) in [5.74, 6) is 0.705. The molecule has 0 saturated carbocycles. The molecule has 0 atom stereocenters. The molecule has 1 aromatic carbocycles. The van der Waals surface area contributed by atoms with Crippen LogP contribution in [-0.2, 0) is 4.74 Å². The number of ether oxygens (including phenoxy) is 2. The van der Waals surface area contributed by atoms with Crippen LogP contribution in [0, 0.1) is 0 Å². The van der Waals surface area contributed by atoms with Gasteiger partial charge < -0.3 is 15.2 Å². The zero-order valence-corrected chi connectivity index (χ0v) is 10.7. The average Bonchev–Trinajstić information content (AvgIpc) is 2.17. The van der Waals surface area contributed by atoms with Crippen LogP contribution < -0.4 is 10.5 Å². The van der Waals surface area contributed by atoms with Gasteiger partial charge in [-0.3, -0.25) is 0 Å². The van der Waals surface area contributed by atoms with E-state index in [2.05, 4.69) is 0 Å². The Kier molecular flexibility index (Phi) is 4.44. The van der Waals surface area contributed by atoms with Crippen LogP contribution in [0.15, 0.2) is 18.2 Å². The van der Waals surface area contributed by atoms with E-state index in [-0.39, 0.29) is 5.60 Å². The van der Waals surface area contributed by atoms with Crippen molar-refractivity contribution in [1.82, 2.24) is 0 Å². The fraction of sp³-hybridized carbons (Fsp3) is 0.500. The molecule has 16 heavy (non-hydrogen) atoms. The lowest BCUT2D eigenvalue weighted by molar-refractivity contribution is -0.0162. The SMILES string of the molecule is CC(C)(C)OCCOc1ccc(N)c(Cl)c1. The maximum absolute atomic E-state index is 5.86. The molecule has 0 aromatic heterocycles. The summed E-state index contributed by atoms with van der Waals surface area (Å²) < 4.78 is 11.0. The van der Waals surface area contributed by atoms with E-state index < -0.39 is 0 Å². The molecule has 0 bridgehead atoms. The van der Waals surface area contributed by atoms with E-state index >= 15 is 0 Å². The first-order valence-corrected chi connectivity index (χ1v) is 5.58. The third-order valence-corrected chi connectivity index (χ3v) is 2.19. The Morgan fingerprint density at radius 1 is 1.25 bits per heavy atom. The molecule has 1 aromatic rings. The molecule has 0 heterocycles. The van der Waals surface area contributed by atoms with E-state index in [9.17, 15) is 0 Å². The second-order valence-electron chi connectivity index (χ2n) is 4.49. The minimum atomic E-state index is -0.137. The van der Waals surface area contributed by atoms with Gasteiger partial charge in [0.2, 0.25) is 0 Å². The highest BCUT2D eigenvalue weighted by Gasteiger charge is 2.09. The smallest absolute Gasteiger partial charge is 0.121 e. The van der Waals surface area contributed by atoms with Gasteiger partial charge in [0.1, 0.15) is 12.4 Å². The first kappa shape index (κ1) is 13.1. The molecule has 0 radical (unpaired) electrons. The van der Waals surface area contributed by atoms with Crippen molar-refractivity contribution in [3.8, 4) is 5.75 Å². The van der Waals surface area contributed by atoms with Crippen molar-refractivity contribution in [2.75, 3.05) is 18.9 Å². The minimum absolute atomic E-state index is 0.137. The number of hydrogen-bond acceptors (Lipinski definition) is 3. The third kappa shape index (κ3) is 4.73. The standard InChI is InChI=1S/C12H18ClNO2/c1-12(2,3)16-7-6-15-9-4-5-11(14)10(13)8-9/h4-5,8H,6-7,14H2,1-3H3. The number of anilines is 1. The van der Waals surface area contributed by atoms with Crippen LogP contribution in [0.25, 0.3) is 0 Å². The van der Waals surface area contributed by atoms with E-state index in [1.54, 1.807) is 18.2 Å². The van der Waals surface area contributed by atoms with Crippen LogP contribution in [0.1, 0.15) is 20.8 Å². The Morgan fingerprint density at radius 3 is 2.50 bits per heavy atom. The molecule has 0 aliphatic carbocycles. The largest absolute Gasteiger partial charge is 0.491 e. The van der Waals surface area contributed by atoms with Gasteiger partial charge in [0, 0.05) is 6.07 Å². The summed E-state index contributed by atoms with van der Waals surface area (Å²) in [6.07, 6.45) is 0. The molecule has 0 amide bonds. The molecule has 0 fully saturated rings. The molecule has 2 N–H and O–H groups in total. The number of benzene rings is 1. The lowest BCUT2D eigenvalue weighted by atomic mass is 10.2. The zero-order chi connectivity index (χ0) is 12.2. The van der Waals surface area contributed by atoms with Crippen molar-refractivity contribution in [1.29, 1.82) is 0 Å². The maximum Gasteiger partial charge on any atom is 0.121 e. The van der Waals surface area contributed by atoms with Crippen molar-refractivity contribution < 1.29 is 9.47 Å². The Morgan fingerprint density at radius 2 is 1.94 bits per heavy atom. The molecule has 0 spiro atoms. The summed E-state index contributed by atoms with van der Waals surface area (Å²) in [4.78, 5) is 0. The van der Waals surface area contributed by atoms with Crippen LogP contribution in [0.5, 0.6) is 5.75 Å². The van der Waals surface area contributed by atoms with Crippen LogP contribution in [0.2, 0.25) is 5.02 Å². The average molecular weight is 244 g/mol. The Labute approximate surface area is 101 Å². The second kappa shape index (κ2) is 5.41. The van der Waals surface area contributed by atoms with E-state index in [1.807, 2.05) is 20.8 Å². The zero-order valence-electron chi connectivity index (χ0n) is 9.92. The fourth-order valence-electron chi connectivity index (χ4n) is 1.11. The molecule has 3 nitrogen and oxygen atoms in total. The molecule has 0 aliphatic heterocycles. The quantitative estimate of drug-likeness (QED) is 0.653. The third-order valence-electron chi connectivity index (χ3n) is 1.86. The highest BCUT2D eigenvalue weighted by molar-refractivity contribution is 6.33. The van der Waals surface area contributed by atoms with Crippen LogP contribution in [0.3, 0.4) is 0 Å². The highest BCUT2D eigenvalue weighted by Crippen LogP contribution is 2.24. The van der Waals surface area contributed by atoms with Gasteiger partial charge in [-0.25, -0.2) is 0 Å². The minimum Gasteiger partial charge on any atom is -0.491 e. The van der Waals surface area contributed by atoms with Crippen molar-refractivity contribution >= 4 is 17.3 Å². The highest BCUT2D eigenvalue weighted by atomic mass is 35.5. The summed E-state index contributed by atoms with van der Waals surface area (Å²) in [5.41, 5.74) is 6.01. The fourth-order valence-corrected chi connectivity index (χ4v) is 1.28. The number of halogens is 1. The summed E-state index contributed by atoms with van der Waals surface area (Å²) in [6.45, 7) is 7.07.